The molecule has 72 valence electrons. The molecule has 0 amide bonds. The molecule has 5 heteroatoms. The molecule has 1 aromatic heterocycles. The molecule has 2 rings (SSSR count). The summed E-state index contributed by atoms with van der Waals surface area (Å²) in [5, 5.41) is 0. The number of rotatable bonds is 1. The van der Waals surface area contributed by atoms with Gasteiger partial charge in [0.05, 0.1) is 22.4 Å². The Morgan fingerprint density at radius 2 is 2.21 bits per heavy atom. The summed E-state index contributed by atoms with van der Waals surface area (Å²) < 4.78 is 18.6. The summed E-state index contributed by atoms with van der Waals surface area (Å²) >= 11 is 1.90. The van der Waals surface area contributed by atoms with Gasteiger partial charge in [0.1, 0.15) is 11.3 Å². The zero-order valence-electron chi connectivity index (χ0n) is 7.29. The van der Waals surface area contributed by atoms with E-state index in [0.717, 1.165) is 0 Å². The van der Waals surface area contributed by atoms with Gasteiger partial charge in [-0.25, -0.2) is 14.4 Å². The summed E-state index contributed by atoms with van der Waals surface area (Å²) in [6, 6.07) is 2.98. The summed E-state index contributed by atoms with van der Waals surface area (Å²) in [4.78, 5) is 8.22. The van der Waals surface area contributed by atoms with Crippen molar-refractivity contribution in [1.29, 1.82) is 0 Å². The van der Waals surface area contributed by atoms with E-state index in [1.165, 1.54) is 19.4 Å². The zero-order valence-corrected chi connectivity index (χ0v) is 9.45. The number of benzene rings is 1. The predicted octanol–water partition coefficient (Wildman–Crippen LogP) is 2.38. The summed E-state index contributed by atoms with van der Waals surface area (Å²) in [5.74, 6) is 0.0988. The number of nitrogens with zero attached hydrogens (tertiary/aromatic N) is 2. The number of fused-ring (bicyclic) bond motifs is 1. The van der Waals surface area contributed by atoms with Crippen LogP contribution >= 0.6 is 22.6 Å². The Hall–Kier alpha value is -0.980. The van der Waals surface area contributed by atoms with Crippen molar-refractivity contribution in [3.63, 3.8) is 0 Å². The Morgan fingerprint density at radius 1 is 1.43 bits per heavy atom. The maximum atomic E-state index is 13.2. The van der Waals surface area contributed by atoms with Crippen LogP contribution in [0.2, 0.25) is 0 Å². The first kappa shape index (κ1) is 9.57. The van der Waals surface area contributed by atoms with Crippen LogP contribution in [0.25, 0.3) is 11.0 Å². The summed E-state index contributed by atoms with van der Waals surface area (Å²) in [5.41, 5.74) is 1.20. The van der Waals surface area contributed by atoms with Crippen LogP contribution in [-0.2, 0) is 0 Å². The smallest absolute Gasteiger partial charge is 0.232 e. The van der Waals surface area contributed by atoms with Gasteiger partial charge >= 0.3 is 0 Å². The Kier molecular flexibility index (Phi) is 2.49. The van der Waals surface area contributed by atoms with E-state index in [0.29, 0.717) is 20.5 Å². The number of aromatic nitrogens is 2. The van der Waals surface area contributed by atoms with E-state index in [4.69, 9.17) is 4.74 Å². The second-order valence-electron chi connectivity index (χ2n) is 2.64. The molecular formula is C9H6FIN2O. The molecule has 0 spiro atoms. The average molecular weight is 304 g/mol. The van der Waals surface area contributed by atoms with Crippen molar-refractivity contribution >= 4 is 33.6 Å². The molecule has 0 aliphatic carbocycles. The lowest BCUT2D eigenvalue weighted by molar-refractivity contribution is 0.397. The van der Waals surface area contributed by atoms with Gasteiger partial charge in [-0.1, -0.05) is 0 Å². The lowest BCUT2D eigenvalue weighted by Crippen LogP contribution is -1.94. The van der Waals surface area contributed by atoms with Crippen molar-refractivity contribution < 1.29 is 9.13 Å². The summed E-state index contributed by atoms with van der Waals surface area (Å²) in [6.45, 7) is 0. The lowest BCUT2D eigenvalue weighted by atomic mass is 10.3. The largest absolute Gasteiger partial charge is 0.480 e. The molecule has 0 aliphatic heterocycles. The third-order valence-corrected chi connectivity index (χ3v) is 2.82. The molecule has 0 aliphatic rings. The molecule has 0 unspecified atom stereocenters. The number of hydrogen-bond acceptors (Lipinski definition) is 3. The van der Waals surface area contributed by atoms with Gasteiger partial charge in [0.15, 0.2) is 0 Å². The average Bonchev–Trinajstić information content (AvgIpc) is 2.23. The number of ether oxygens (including phenoxy) is 1. The summed E-state index contributed by atoms with van der Waals surface area (Å²) in [7, 11) is 1.50. The van der Waals surface area contributed by atoms with E-state index in [1.54, 1.807) is 6.07 Å². The van der Waals surface area contributed by atoms with Crippen molar-refractivity contribution in [2.24, 2.45) is 0 Å². The molecule has 0 saturated heterocycles. The first-order chi connectivity index (χ1) is 6.72. The molecule has 0 bridgehead atoms. The number of methoxy groups -OCH3 is 1. The zero-order chi connectivity index (χ0) is 10.1. The Labute approximate surface area is 93.5 Å². The standard InChI is InChI=1S/C9H6FIN2O/c1-14-7-4-12-6-3-2-5(10)8(11)9(6)13-7/h2-4H,1H3. The molecule has 0 fully saturated rings. The SMILES string of the molecule is COc1cnc2ccc(F)c(I)c2n1. The van der Waals surface area contributed by atoms with E-state index < -0.39 is 0 Å². The fraction of sp³-hybridized carbons (Fsp3) is 0.111. The molecule has 0 radical (unpaired) electrons. The van der Waals surface area contributed by atoms with Crippen molar-refractivity contribution in [3.8, 4) is 5.88 Å². The number of halogens is 2. The molecular weight excluding hydrogens is 298 g/mol. The third kappa shape index (κ3) is 1.52. The van der Waals surface area contributed by atoms with Gasteiger partial charge < -0.3 is 4.74 Å². The molecule has 1 aromatic carbocycles. The molecule has 0 atom stereocenters. The fourth-order valence-corrected chi connectivity index (χ4v) is 1.68. The first-order valence-corrected chi connectivity index (χ1v) is 4.95. The minimum Gasteiger partial charge on any atom is -0.480 e. The highest BCUT2D eigenvalue weighted by atomic mass is 127. The van der Waals surface area contributed by atoms with Crippen molar-refractivity contribution in [1.82, 2.24) is 9.97 Å². The van der Waals surface area contributed by atoms with Gasteiger partial charge in [-0.05, 0) is 34.7 Å². The van der Waals surface area contributed by atoms with Crippen LogP contribution in [-0.4, -0.2) is 17.1 Å². The maximum Gasteiger partial charge on any atom is 0.232 e. The van der Waals surface area contributed by atoms with Gasteiger partial charge in [-0.2, -0.15) is 0 Å². The third-order valence-electron chi connectivity index (χ3n) is 1.79. The highest BCUT2D eigenvalue weighted by molar-refractivity contribution is 14.1. The molecule has 3 nitrogen and oxygen atoms in total. The second-order valence-corrected chi connectivity index (χ2v) is 3.72. The molecule has 0 saturated carbocycles. The topological polar surface area (TPSA) is 35.0 Å². The monoisotopic (exact) mass is 304 g/mol. The molecule has 0 N–H and O–H groups in total. The minimum atomic E-state index is -0.291. The quantitative estimate of drug-likeness (QED) is 0.759. The van der Waals surface area contributed by atoms with Crippen molar-refractivity contribution in [2.45, 2.75) is 0 Å². The highest BCUT2D eigenvalue weighted by Crippen LogP contribution is 2.21. The van der Waals surface area contributed by atoms with E-state index in [1.807, 2.05) is 22.6 Å². The highest BCUT2D eigenvalue weighted by Gasteiger charge is 2.07. The Balaban J connectivity index is 2.78. The van der Waals surface area contributed by atoms with E-state index in [2.05, 4.69) is 9.97 Å². The maximum absolute atomic E-state index is 13.2. The molecule has 1 heterocycles. The normalized spacial score (nSPS) is 10.5. The van der Waals surface area contributed by atoms with Gasteiger partial charge in [0.25, 0.3) is 0 Å². The predicted molar refractivity (Wildman–Crippen MR) is 58.8 cm³/mol. The van der Waals surface area contributed by atoms with Crippen LogP contribution in [0.1, 0.15) is 0 Å². The van der Waals surface area contributed by atoms with Gasteiger partial charge in [0.2, 0.25) is 5.88 Å². The van der Waals surface area contributed by atoms with Crippen LogP contribution < -0.4 is 4.74 Å². The second kappa shape index (κ2) is 3.64. The van der Waals surface area contributed by atoms with Gasteiger partial charge in [-0.3, -0.25) is 0 Å². The number of hydrogen-bond donors (Lipinski definition) is 0. The van der Waals surface area contributed by atoms with Crippen LogP contribution in [0.3, 0.4) is 0 Å². The van der Waals surface area contributed by atoms with Crippen LogP contribution in [0.4, 0.5) is 4.39 Å². The Morgan fingerprint density at radius 3 is 2.93 bits per heavy atom. The minimum absolute atomic E-state index is 0.291. The van der Waals surface area contributed by atoms with Crippen LogP contribution in [0, 0.1) is 9.39 Å². The van der Waals surface area contributed by atoms with Crippen molar-refractivity contribution in [2.75, 3.05) is 7.11 Å². The Bertz CT molecular complexity index is 489. The molecule has 2 aromatic rings. The van der Waals surface area contributed by atoms with E-state index >= 15 is 0 Å². The van der Waals surface area contributed by atoms with Crippen LogP contribution in [0.5, 0.6) is 5.88 Å². The van der Waals surface area contributed by atoms with E-state index in [-0.39, 0.29) is 5.82 Å². The van der Waals surface area contributed by atoms with Crippen molar-refractivity contribution in [3.05, 3.63) is 27.7 Å². The lowest BCUT2D eigenvalue weighted by Gasteiger charge is -2.02. The van der Waals surface area contributed by atoms with Crippen LogP contribution in [0.15, 0.2) is 18.3 Å². The van der Waals surface area contributed by atoms with E-state index in [9.17, 15) is 4.39 Å². The first-order valence-electron chi connectivity index (χ1n) is 3.87. The fourth-order valence-electron chi connectivity index (χ4n) is 1.10. The van der Waals surface area contributed by atoms with Gasteiger partial charge in [0, 0.05) is 0 Å². The van der Waals surface area contributed by atoms with Gasteiger partial charge in [-0.15, -0.1) is 0 Å². The summed E-state index contributed by atoms with van der Waals surface area (Å²) in [6.07, 6.45) is 1.51. The molecule has 14 heavy (non-hydrogen) atoms.